The molecule has 0 atom stereocenters. The highest BCUT2D eigenvalue weighted by Crippen LogP contribution is 2.30. The summed E-state index contributed by atoms with van der Waals surface area (Å²) in [7, 11) is 0. The molecule has 0 radical (unpaired) electrons. The number of aryl methyl sites for hydroxylation is 1. The molecular weight excluding hydrogens is 267 g/mol. The van der Waals surface area contributed by atoms with Gasteiger partial charge >= 0.3 is 0 Å². The molecule has 0 aliphatic rings. The van der Waals surface area contributed by atoms with Gasteiger partial charge in [0.25, 0.3) is 0 Å². The predicted molar refractivity (Wildman–Crippen MR) is 79.8 cm³/mol. The molecule has 104 valence electrons. The zero-order valence-corrected chi connectivity index (χ0v) is 11.4. The molecule has 0 saturated carbocycles. The van der Waals surface area contributed by atoms with E-state index >= 15 is 0 Å². The molecule has 0 spiro atoms. The first-order valence-electron chi connectivity index (χ1n) is 6.45. The predicted octanol–water partition coefficient (Wildman–Crippen LogP) is 3.24. The highest BCUT2D eigenvalue weighted by Gasteiger charge is 2.12. The van der Waals surface area contributed by atoms with Crippen molar-refractivity contribution in [2.75, 3.05) is 5.73 Å². The normalized spacial score (nSPS) is 10.6. The summed E-state index contributed by atoms with van der Waals surface area (Å²) in [5.41, 5.74) is 9.64. The molecule has 0 aromatic carbocycles. The monoisotopic (exact) mass is 280 g/mol. The lowest BCUT2D eigenvalue weighted by atomic mass is 10.0. The Morgan fingerprint density at radius 1 is 1.00 bits per heavy atom. The van der Waals surface area contributed by atoms with E-state index in [9.17, 15) is 4.39 Å². The van der Waals surface area contributed by atoms with Crippen molar-refractivity contribution in [3.63, 3.8) is 0 Å². The van der Waals surface area contributed by atoms with Crippen LogP contribution in [0.2, 0.25) is 0 Å². The summed E-state index contributed by atoms with van der Waals surface area (Å²) in [5.74, 6) is -0.182. The standard InChI is InChI=1S/C16H13FN4/c1-10-4-6-19-13(8-10)12-2-3-15(18)21-16(12)11-5-7-20-14(17)9-11/h2-9H,1H3,(H2,18,21). The Morgan fingerprint density at radius 2 is 1.81 bits per heavy atom. The largest absolute Gasteiger partial charge is 0.384 e. The average molecular weight is 280 g/mol. The molecule has 0 fully saturated rings. The van der Waals surface area contributed by atoms with E-state index in [0.29, 0.717) is 17.1 Å². The maximum atomic E-state index is 13.4. The van der Waals surface area contributed by atoms with Crippen molar-refractivity contribution in [2.24, 2.45) is 0 Å². The van der Waals surface area contributed by atoms with E-state index in [1.54, 1.807) is 18.3 Å². The molecule has 5 heteroatoms. The molecule has 0 amide bonds. The zero-order chi connectivity index (χ0) is 14.8. The third-order valence-electron chi connectivity index (χ3n) is 3.11. The molecule has 4 nitrogen and oxygen atoms in total. The summed E-state index contributed by atoms with van der Waals surface area (Å²) in [6.07, 6.45) is 3.14. The molecule has 3 heterocycles. The first-order chi connectivity index (χ1) is 10.1. The second-order valence-corrected chi connectivity index (χ2v) is 4.72. The third kappa shape index (κ3) is 2.72. The number of aromatic nitrogens is 3. The number of rotatable bonds is 2. The van der Waals surface area contributed by atoms with Gasteiger partial charge in [-0.25, -0.2) is 9.97 Å². The molecule has 2 N–H and O–H groups in total. The van der Waals surface area contributed by atoms with E-state index in [2.05, 4.69) is 15.0 Å². The van der Waals surface area contributed by atoms with Crippen molar-refractivity contribution >= 4 is 5.82 Å². The van der Waals surface area contributed by atoms with Crippen molar-refractivity contribution in [1.29, 1.82) is 0 Å². The van der Waals surface area contributed by atoms with Gasteiger partial charge in [0.2, 0.25) is 5.95 Å². The fourth-order valence-electron chi connectivity index (χ4n) is 2.13. The van der Waals surface area contributed by atoms with Crippen LogP contribution in [0.4, 0.5) is 10.2 Å². The van der Waals surface area contributed by atoms with Gasteiger partial charge in [-0.3, -0.25) is 4.98 Å². The Kier molecular flexibility index (Phi) is 3.31. The van der Waals surface area contributed by atoms with Crippen LogP contribution < -0.4 is 5.73 Å². The van der Waals surface area contributed by atoms with Crippen molar-refractivity contribution in [1.82, 2.24) is 15.0 Å². The average Bonchev–Trinajstić information content (AvgIpc) is 2.47. The summed E-state index contributed by atoms with van der Waals surface area (Å²) in [4.78, 5) is 12.3. The minimum Gasteiger partial charge on any atom is -0.384 e. The number of nitrogen functional groups attached to an aromatic ring is 1. The Morgan fingerprint density at radius 3 is 2.57 bits per heavy atom. The summed E-state index contributed by atoms with van der Waals surface area (Å²) in [6.45, 7) is 1.99. The maximum absolute atomic E-state index is 13.4. The molecule has 0 aliphatic heterocycles. The molecule has 0 aliphatic carbocycles. The van der Waals surface area contributed by atoms with Crippen LogP contribution in [0, 0.1) is 12.9 Å². The molecule has 21 heavy (non-hydrogen) atoms. The summed E-state index contributed by atoms with van der Waals surface area (Å²) < 4.78 is 13.4. The van der Waals surface area contributed by atoms with Gasteiger partial charge in [0.15, 0.2) is 0 Å². The van der Waals surface area contributed by atoms with Crippen molar-refractivity contribution in [2.45, 2.75) is 6.92 Å². The second-order valence-electron chi connectivity index (χ2n) is 4.72. The Bertz CT molecular complexity index is 802. The number of pyridine rings is 3. The van der Waals surface area contributed by atoms with Crippen LogP contribution in [0.5, 0.6) is 0 Å². The molecule has 3 aromatic heterocycles. The second kappa shape index (κ2) is 5.28. The third-order valence-corrected chi connectivity index (χ3v) is 3.11. The number of hydrogen-bond donors (Lipinski definition) is 1. The van der Waals surface area contributed by atoms with Crippen LogP contribution in [0.3, 0.4) is 0 Å². The lowest BCUT2D eigenvalue weighted by Crippen LogP contribution is -1.97. The van der Waals surface area contributed by atoms with Crippen molar-refractivity contribution < 1.29 is 4.39 Å². The van der Waals surface area contributed by atoms with Crippen LogP contribution in [0.25, 0.3) is 22.5 Å². The Hall–Kier alpha value is -2.82. The van der Waals surface area contributed by atoms with Gasteiger partial charge in [-0.2, -0.15) is 4.39 Å². The van der Waals surface area contributed by atoms with Crippen LogP contribution in [0.1, 0.15) is 5.56 Å². The molecule has 0 unspecified atom stereocenters. The number of hydrogen-bond acceptors (Lipinski definition) is 4. The number of halogens is 1. The minimum atomic E-state index is -0.556. The van der Waals surface area contributed by atoms with Crippen LogP contribution in [-0.4, -0.2) is 15.0 Å². The van der Waals surface area contributed by atoms with E-state index < -0.39 is 5.95 Å². The van der Waals surface area contributed by atoms with E-state index in [4.69, 9.17) is 5.73 Å². The van der Waals surface area contributed by atoms with E-state index in [-0.39, 0.29) is 0 Å². The Balaban J connectivity index is 2.22. The SMILES string of the molecule is Cc1ccnc(-c2ccc(N)nc2-c2ccnc(F)c2)c1. The molecule has 3 aromatic rings. The lowest BCUT2D eigenvalue weighted by Gasteiger charge is -2.10. The van der Waals surface area contributed by atoms with Crippen molar-refractivity contribution in [3.05, 3.63) is 60.3 Å². The highest BCUT2D eigenvalue weighted by atomic mass is 19.1. The van der Waals surface area contributed by atoms with Gasteiger partial charge in [0.1, 0.15) is 5.82 Å². The van der Waals surface area contributed by atoms with Gasteiger partial charge in [-0.15, -0.1) is 0 Å². The fraction of sp³-hybridized carbons (Fsp3) is 0.0625. The van der Waals surface area contributed by atoms with E-state index in [0.717, 1.165) is 16.8 Å². The maximum Gasteiger partial charge on any atom is 0.213 e. The van der Waals surface area contributed by atoms with Gasteiger partial charge in [-0.1, -0.05) is 0 Å². The minimum absolute atomic E-state index is 0.374. The number of nitrogens with two attached hydrogens (primary N) is 1. The van der Waals surface area contributed by atoms with E-state index in [1.165, 1.54) is 12.3 Å². The summed E-state index contributed by atoms with van der Waals surface area (Å²) in [5, 5.41) is 0. The molecular formula is C16H13FN4. The van der Waals surface area contributed by atoms with Gasteiger partial charge < -0.3 is 5.73 Å². The first-order valence-corrected chi connectivity index (χ1v) is 6.45. The van der Waals surface area contributed by atoms with Crippen LogP contribution in [-0.2, 0) is 0 Å². The topological polar surface area (TPSA) is 64.7 Å². The first kappa shape index (κ1) is 13.2. The fourth-order valence-corrected chi connectivity index (χ4v) is 2.13. The summed E-state index contributed by atoms with van der Waals surface area (Å²) >= 11 is 0. The van der Waals surface area contributed by atoms with Gasteiger partial charge in [-0.05, 0) is 42.8 Å². The number of anilines is 1. The van der Waals surface area contributed by atoms with Crippen LogP contribution >= 0.6 is 0 Å². The van der Waals surface area contributed by atoms with Gasteiger partial charge in [0.05, 0.1) is 11.4 Å². The molecule has 0 saturated heterocycles. The van der Waals surface area contributed by atoms with Gasteiger partial charge in [0, 0.05) is 29.6 Å². The summed E-state index contributed by atoms with van der Waals surface area (Å²) in [6, 6.07) is 10.5. The quantitative estimate of drug-likeness (QED) is 0.732. The molecule has 0 bridgehead atoms. The Labute approximate surface area is 121 Å². The van der Waals surface area contributed by atoms with Crippen molar-refractivity contribution in [3.8, 4) is 22.5 Å². The number of nitrogens with zero attached hydrogens (tertiary/aromatic N) is 3. The zero-order valence-electron chi connectivity index (χ0n) is 11.4. The van der Waals surface area contributed by atoms with E-state index in [1.807, 2.05) is 25.1 Å². The smallest absolute Gasteiger partial charge is 0.213 e. The van der Waals surface area contributed by atoms with Crippen LogP contribution in [0.15, 0.2) is 48.8 Å². The highest BCUT2D eigenvalue weighted by molar-refractivity contribution is 5.80. The molecule has 3 rings (SSSR count). The lowest BCUT2D eigenvalue weighted by molar-refractivity contribution is 0.584.